The molecule has 2 aliphatic carbocycles. The van der Waals surface area contributed by atoms with E-state index in [0.717, 1.165) is 12.5 Å². The number of nitrogens with zero attached hydrogens (tertiary/aromatic N) is 3. The summed E-state index contributed by atoms with van der Waals surface area (Å²) in [7, 11) is -3.93. The molecule has 3 N–H and O–H groups in total. The summed E-state index contributed by atoms with van der Waals surface area (Å²) in [5.41, 5.74) is -0.453. The molecular formula is C37H40F2N6O7S. The highest BCUT2D eigenvalue weighted by atomic mass is 32.2. The number of aromatic nitrogens is 2. The number of carbonyl (C=O) groups excluding carboxylic acids is 4. The molecule has 4 aliphatic rings. The maximum absolute atomic E-state index is 14.5. The number of aryl methyl sites for hydroxylation is 1. The number of allylic oxidation sites excluding steroid dienone is 1. The second-order valence-corrected chi connectivity index (χ2v) is 16.2. The third-order valence-corrected chi connectivity index (χ3v) is 12.1. The first-order chi connectivity index (χ1) is 25.3. The monoisotopic (exact) mass is 750 g/mol. The molecule has 0 radical (unpaired) electrons. The Balaban J connectivity index is 1.20. The summed E-state index contributed by atoms with van der Waals surface area (Å²) in [5.74, 6) is -4.32. The average molecular weight is 751 g/mol. The molecule has 53 heavy (non-hydrogen) atoms. The number of hydrogen-bond donors (Lipinski definition) is 3. The number of halogens is 2. The number of fused-ring (bicyclic) bond motifs is 3. The molecule has 1 aromatic heterocycles. The van der Waals surface area contributed by atoms with Crippen LogP contribution in [0.15, 0.2) is 54.6 Å². The van der Waals surface area contributed by atoms with Crippen molar-refractivity contribution in [3.05, 3.63) is 77.5 Å². The van der Waals surface area contributed by atoms with E-state index in [2.05, 4.69) is 25.3 Å². The molecule has 5 atom stereocenters. The molecule has 13 nitrogen and oxygen atoms in total. The maximum Gasteiger partial charge on any atom is 0.259 e. The number of sulfonamides is 1. The van der Waals surface area contributed by atoms with Crippen LogP contribution >= 0.6 is 0 Å². The molecule has 2 aliphatic heterocycles. The minimum Gasteiger partial charge on any atom is -0.471 e. The smallest absolute Gasteiger partial charge is 0.259 e. The van der Waals surface area contributed by atoms with E-state index >= 15 is 0 Å². The van der Waals surface area contributed by atoms with Gasteiger partial charge in [-0.3, -0.25) is 23.9 Å². The lowest BCUT2D eigenvalue weighted by Gasteiger charge is -2.30. The van der Waals surface area contributed by atoms with Gasteiger partial charge in [0.25, 0.3) is 11.8 Å². The standard InChI is InChI=1S/C37H40F2N6O7S/c1-21-34(42-30-17-25(39)12-15-28(30)40-21)52-26-18-31-33(47)43-37(36(49)44-53(50,51)27-13-14-27)19-23(37)9-5-3-2-4-6-11-29(35(48)45(31)20-26)41-32(46)22-8-7-10-24(38)16-22/h5,7-10,12,15-17,23,26-27,29,31H,2-4,6,11,13-14,18-20H2,1H3,(H,41,46)(H,43,47)(H,44,49)/b9-5-. The Kier molecular flexibility index (Phi) is 9.91. The molecule has 16 heteroatoms. The highest BCUT2D eigenvalue weighted by Gasteiger charge is 2.62. The summed E-state index contributed by atoms with van der Waals surface area (Å²) in [5, 5.41) is 4.89. The summed E-state index contributed by atoms with van der Waals surface area (Å²) in [6.07, 6.45) is 6.77. The lowest BCUT2D eigenvalue weighted by Crippen LogP contribution is -2.58. The first-order valence-corrected chi connectivity index (χ1v) is 19.4. The molecular weight excluding hydrogens is 711 g/mol. The molecule has 2 saturated carbocycles. The van der Waals surface area contributed by atoms with Gasteiger partial charge in [0.2, 0.25) is 27.7 Å². The Morgan fingerprint density at radius 3 is 2.57 bits per heavy atom. The topological polar surface area (TPSA) is 177 Å². The molecule has 0 bridgehead atoms. The number of carbonyl (C=O) groups is 4. The number of hydrogen-bond acceptors (Lipinski definition) is 9. The second kappa shape index (κ2) is 14.4. The fraction of sp³-hybridized carbons (Fsp3) is 0.459. The Morgan fingerprint density at radius 1 is 1.00 bits per heavy atom. The van der Waals surface area contributed by atoms with Gasteiger partial charge >= 0.3 is 0 Å². The molecule has 280 valence electrons. The predicted octanol–water partition coefficient (Wildman–Crippen LogP) is 3.37. The molecule has 1 saturated heterocycles. The van der Waals surface area contributed by atoms with Crippen LogP contribution < -0.4 is 20.1 Å². The molecule has 3 heterocycles. The van der Waals surface area contributed by atoms with E-state index in [-0.39, 0.29) is 42.8 Å². The van der Waals surface area contributed by atoms with Gasteiger partial charge in [-0.1, -0.05) is 31.1 Å². The fourth-order valence-electron chi connectivity index (χ4n) is 7.09. The van der Waals surface area contributed by atoms with Crippen LogP contribution in [0.1, 0.15) is 73.8 Å². The van der Waals surface area contributed by atoms with E-state index in [1.165, 1.54) is 41.3 Å². The summed E-state index contributed by atoms with van der Waals surface area (Å²) < 4.78 is 62.0. The van der Waals surface area contributed by atoms with Crippen LogP contribution in [0.4, 0.5) is 8.78 Å². The zero-order valence-electron chi connectivity index (χ0n) is 29.0. The minimum atomic E-state index is -3.93. The molecule has 7 rings (SSSR count). The molecule has 4 amide bonds. The Labute approximate surface area is 305 Å². The number of ether oxygens (including phenoxy) is 1. The molecule has 3 fully saturated rings. The largest absolute Gasteiger partial charge is 0.471 e. The molecule has 0 spiro atoms. The van der Waals surface area contributed by atoms with Crippen molar-refractivity contribution in [2.24, 2.45) is 5.92 Å². The lowest BCUT2D eigenvalue weighted by molar-refractivity contribution is -0.141. The minimum absolute atomic E-state index is 0.0198. The second-order valence-electron chi connectivity index (χ2n) is 14.3. The summed E-state index contributed by atoms with van der Waals surface area (Å²) in [4.78, 5) is 65.9. The van der Waals surface area contributed by atoms with Crippen molar-refractivity contribution < 1.29 is 41.1 Å². The molecule has 5 unspecified atom stereocenters. The van der Waals surface area contributed by atoms with E-state index < -0.39 is 80.2 Å². The third-order valence-electron chi connectivity index (χ3n) is 10.3. The number of benzene rings is 2. The van der Waals surface area contributed by atoms with Crippen LogP contribution in [0.2, 0.25) is 0 Å². The van der Waals surface area contributed by atoms with Crippen molar-refractivity contribution in [1.29, 1.82) is 0 Å². The Hall–Kier alpha value is -4.99. The van der Waals surface area contributed by atoms with Gasteiger partial charge in [0.05, 0.1) is 22.8 Å². The van der Waals surface area contributed by atoms with Gasteiger partial charge in [0.1, 0.15) is 41.1 Å². The van der Waals surface area contributed by atoms with Crippen molar-refractivity contribution in [2.45, 2.75) is 93.7 Å². The van der Waals surface area contributed by atoms with Gasteiger partial charge in [-0.15, -0.1) is 0 Å². The summed E-state index contributed by atoms with van der Waals surface area (Å²) >= 11 is 0. The summed E-state index contributed by atoms with van der Waals surface area (Å²) in [6, 6.07) is 6.75. The van der Waals surface area contributed by atoms with E-state index in [4.69, 9.17) is 4.74 Å². The highest BCUT2D eigenvalue weighted by molar-refractivity contribution is 7.91. The zero-order valence-corrected chi connectivity index (χ0v) is 29.8. The predicted molar refractivity (Wildman–Crippen MR) is 188 cm³/mol. The van der Waals surface area contributed by atoms with Crippen LogP contribution in [-0.2, 0) is 24.4 Å². The highest BCUT2D eigenvalue weighted by Crippen LogP contribution is 2.46. The van der Waals surface area contributed by atoms with Gasteiger partial charge in [0.15, 0.2) is 0 Å². The Bertz CT molecular complexity index is 2110. The Morgan fingerprint density at radius 2 is 1.79 bits per heavy atom. The van der Waals surface area contributed by atoms with Crippen molar-refractivity contribution in [3.63, 3.8) is 0 Å². The van der Waals surface area contributed by atoms with Gasteiger partial charge in [-0.05, 0) is 75.8 Å². The van der Waals surface area contributed by atoms with Gasteiger partial charge in [-0.25, -0.2) is 27.2 Å². The van der Waals surface area contributed by atoms with Crippen LogP contribution in [0.3, 0.4) is 0 Å². The van der Waals surface area contributed by atoms with Crippen molar-refractivity contribution >= 4 is 44.7 Å². The van der Waals surface area contributed by atoms with Gasteiger partial charge < -0.3 is 20.3 Å². The quantitative estimate of drug-likeness (QED) is 0.306. The van der Waals surface area contributed by atoms with E-state index in [9.17, 15) is 36.4 Å². The van der Waals surface area contributed by atoms with Crippen molar-refractivity contribution in [1.82, 2.24) is 30.2 Å². The first kappa shape index (κ1) is 36.4. The lowest BCUT2D eigenvalue weighted by atomic mass is 10.0. The van der Waals surface area contributed by atoms with Crippen LogP contribution in [0.25, 0.3) is 11.0 Å². The normalized spacial score (nSPS) is 27.0. The van der Waals surface area contributed by atoms with Gasteiger partial charge in [-0.2, -0.15) is 0 Å². The SMILES string of the molecule is Cc1nc2ccc(F)cc2nc1OC1CC2C(=O)NC3(C(=O)NS(=O)(=O)C4CC4)CC3/C=C\CCCCCC(NC(=O)c3cccc(F)c3)C(=O)N2C1. The number of rotatable bonds is 7. The average Bonchev–Trinajstić information content (AvgIpc) is 4.04. The van der Waals surface area contributed by atoms with E-state index in [1.54, 1.807) is 6.92 Å². The number of amides is 4. The maximum atomic E-state index is 14.5. The van der Waals surface area contributed by atoms with E-state index in [1.807, 2.05) is 12.2 Å². The van der Waals surface area contributed by atoms with Crippen molar-refractivity contribution in [3.8, 4) is 5.88 Å². The van der Waals surface area contributed by atoms with E-state index in [0.29, 0.717) is 43.3 Å². The first-order valence-electron chi connectivity index (χ1n) is 17.9. The van der Waals surface area contributed by atoms with Crippen molar-refractivity contribution in [2.75, 3.05) is 6.54 Å². The molecule has 3 aromatic rings. The summed E-state index contributed by atoms with van der Waals surface area (Å²) in [6.45, 7) is 1.54. The van der Waals surface area contributed by atoms with Gasteiger partial charge in [0, 0.05) is 24.0 Å². The number of nitrogens with one attached hydrogen (secondary N) is 3. The molecule has 2 aromatic carbocycles. The van der Waals surface area contributed by atoms with Crippen LogP contribution in [0, 0.1) is 24.5 Å². The van der Waals surface area contributed by atoms with Crippen LogP contribution in [-0.4, -0.2) is 82.4 Å². The third kappa shape index (κ3) is 7.87. The zero-order chi connectivity index (χ0) is 37.5. The fourth-order valence-corrected chi connectivity index (χ4v) is 8.45. The van der Waals surface area contributed by atoms with Crippen LogP contribution in [0.5, 0.6) is 5.88 Å².